The Morgan fingerprint density at radius 2 is 2.47 bits per heavy atom. The van der Waals surface area contributed by atoms with Crippen molar-refractivity contribution in [3.8, 4) is 0 Å². The van der Waals surface area contributed by atoms with E-state index < -0.39 is 0 Å². The zero-order valence-electron chi connectivity index (χ0n) is 9.07. The minimum atomic E-state index is 0.245. The first-order chi connectivity index (χ1) is 7.27. The molecule has 0 aliphatic heterocycles. The van der Waals surface area contributed by atoms with E-state index in [1.165, 1.54) is 5.69 Å². The maximum atomic E-state index is 4.21. The van der Waals surface area contributed by atoms with E-state index in [1.54, 1.807) is 6.20 Å². The third-order valence-electron chi connectivity index (χ3n) is 2.57. The molecule has 0 spiro atoms. The van der Waals surface area contributed by atoms with Crippen molar-refractivity contribution in [2.24, 2.45) is 7.05 Å². The largest absolute Gasteiger partial charge is 0.353 e. The molecular weight excluding hydrogens is 188 g/mol. The molecule has 1 unspecified atom stereocenters. The van der Waals surface area contributed by atoms with Crippen LogP contribution in [0, 0.1) is 0 Å². The second-order valence-corrected chi connectivity index (χ2v) is 3.69. The molecule has 15 heavy (non-hydrogen) atoms. The molecule has 4 heteroatoms. The average molecular weight is 204 g/mol. The SMILES string of the molecule is CC(NCc1cccn1C)c1ncc[nH]1. The van der Waals surface area contributed by atoms with E-state index in [9.17, 15) is 0 Å². The molecule has 2 aromatic rings. The van der Waals surface area contributed by atoms with Gasteiger partial charge in [0.15, 0.2) is 0 Å². The number of hydrogen-bond acceptors (Lipinski definition) is 2. The highest BCUT2D eigenvalue weighted by Gasteiger charge is 2.07. The summed E-state index contributed by atoms with van der Waals surface area (Å²) < 4.78 is 2.11. The Bertz CT molecular complexity index is 402. The Kier molecular flexibility index (Phi) is 2.87. The quantitative estimate of drug-likeness (QED) is 0.794. The van der Waals surface area contributed by atoms with Crippen LogP contribution in [0.5, 0.6) is 0 Å². The first kappa shape index (κ1) is 9.98. The Hall–Kier alpha value is -1.55. The van der Waals surface area contributed by atoms with Gasteiger partial charge in [0.1, 0.15) is 5.82 Å². The van der Waals surface area contributed by atoms with Crippen LogP contribution in [0.3, 0.4) is 0 Å². The predicted molar refractivity (Wildman–Crippen MR) is 59.3 cm³/mol. The number of nitrogens with one attached hydrogen (secondary N) is 2. The van der Waals surface area contributed by atoms with Gasteiger partial charge >= 0.3 is 0 Å². The van der Waals surface area contributed by atoms with Crippen LogP contribution in [0.15, 0.2) is 30.7 Å². The van der Waals surface area contributed by atoms with Crippen LogP contribution in [0.25, 0.3) is 0 Å². The summed E-state index contributed by atoms with van der Waals surface area (Å²) in [7, 11) is 2.05. The molecule has 1 atom stereocenters. The first-order valence-electron chi connectivity index (χ1n) is 5.10. The summed E-state index contributed by atoms with van der Waals surface area (Å²) in [5.41, 5.74) is 1.27. The minimum absolute atomic E-state index is 0.245. The molecule has 0 saturated carbocycles. The average Bonchev–Trinajstić information content (AvgIpc) is 2.85. The zero-order chi connectivity index (χ0) is 10.7. The van der Waals surface area contributed by atoms with Crippen molar-refractivity contribution in [1.29, 1.82) is 0 Å². The third-order valence-corrected chi connectivity index (χ3v) is 2.57. The van der Waals surface area contributed by atoms with E-state index in [0.29, 0.717) is 0 Å². The van der Waals surface area contributed by atoms with E-state index >= 15 is 0 Å². The highest BCUT2D eigenvalue weighted by molar-refractivity contribution is 5.06. The maximum Gasteiger partial charge on any atom is 0.122 e. The van der Waals surface area contributed by atoms with Gasteiger partial charge in [-0.1, -0.05) is 0 Å². The van der Waals surface area contributed by atoms with Crippen molar-refractivity contribution in [2.45, 2.75) is 19.5 Å². The molecule has 0 radical (unpaired) electrons. The van der Waals surface area contributed by atoms with Crippen molar-refractivity contribution >= 4 is 0 Å². The topological polar surface area (TPSA) is 45.6 Å². The fraction of sp³-hybridized carbons (Fsp3) is 0.364. The molecule has 0 fully saturated rings. The number of rotatable bonds is 4. The highest BCUT2D eigenvalue weighted by atomic mass is 15.0. The lowest BCUT2D eigenvalue weighted by atomic mass is 10.3. The lowest BCUT2D eigenvalue weighted by molar-refractivity contribution is 0.537. The van der Waals surface area contributed by atoms with E-state index in [4.69, 9.17) is 0 Å². The van der Waals surface area contributed by atoms with Crippen LogP contribution in [-0.4, -0.2) is 14.5 Å². The number of H-pyrrole nitrogens is 1. The van der Waals surface area contributed by atoms with E-state index in [-0.39, 0.29) is 6.04 Å². The second-order valence-electron chi connectivity index (χ2n) is 3.69. The first-order valence-corrected chi connectivity index (χ1v) is 5.10. The summed E-state index contributed by atoms with van der Waals surface area (Å²) in [5.74, 6) is 0.976. The van der Waals surface area contributed by atoms with Crippen LogP contribution in [-0.2, 0) is 13.6 Å². The van der Waals surface area contributed by atoms with Crippen LogP contribution >= 0.6 is 0 Å². The molecule has 4 nitrogen and oxygen atoms in total. The minimum Gasteiger partial charge on any atom is -0.353 e. The predicted octanol–water partition coefficient (Wildman–Crippen LogP) is 1.60. The summed E-state index contributed by atoms with van der Waals surface area (Å²) >= 11 is 0. The Morgan fingerprint density at radius 1 is 1.60 bits per heavy atom. The molecule has 0 aliphatic carbocycles. The molecule has 0 aromatic carbocycles. The van der Waals surface area contributed by atoms with Gasteiger partial charge in [0.2, 0.25) is 0 Å². The Balaban J connectivity index is 1.91. The van der Waals surface area contributed by atoms with Gasteiger partial charge in [0.25, 0.3) is 0 Å². The van der Waals surface area contributed by atoms with Crippen LogP contribution in [0.4, 0.5) is 0 Å². The molecular formula is C11H16N4. The summed E-state index contributed by atoms with van der Waals surface area (Å²) in [6, 6.07) is 4.41. The van der Waals surface area contributed by atoms with E-state index in [0.717, 1.165) is 12.4 Å². The number of imidazole rings is 1. The van der Waals surface area contributed by atoms with Gasteiger partial charge in [-0.25, -0.2) is 4.98 Å². The monoisotopic (exact) mass is 204 g/mol. The van der Waals surface area contributed by atoms with Crippen LogP contribution in [0.1, 0.15) is 24.5 Å². The van der Waals surface area contributed by atoms with Crippen molar-refractivity contribution in [3.05, 3.63) is 42.2 Å². The summed E-state index contributed by atoms with van der Waals surface area (Å²) in [6.07, 6.45) is 5.67. The third kappa shape index (κ3) is 2.27. The van der Waals surface area contributed by atoms with Crippen LogP contribution < -0.4 is 5.32 Å². The Morgan fingerprint density at radius 3 is 3.07 bits per heavy atom. The smallest absolute Gasteiger partial charge is 0.122 e. The fourth-order valence-corrected chi connectivity index (χ4v) is 1.55. The molecule has 0 amide bonds. The van der Waals surface area contributed by atoms with Gasteiger partial charge in [0.05, 0.1) is 6.04 Å². The van der Waals surface area contributed by atoms with Crippen molar-refractivity contribution < 1.29 is 0 Å². The molecule has 2 aromatic heterocycles. The zero-order valence-corrected chi connectivity index (χ0v) is 9.07. The molecule has 0 saturated heterocycles. The number of aryl methyl sites for hydroxylation is 1. The van der Waals surface area contributed by atoms with Gasteiger partial charge < -0.3 is 14.9 Å². The molecule has 2 rings (SSSR count). The van der Waals surface area contributed by atoms with Crippen LogP contribution in [0.2, 0.25) is 0 Å². The lowest BCUT2D eigenvalue weighted by Crippen LogP contribution is -2.20. The summed E-state index contributed by atoms with van der Waals surface area (Å²) in [4.78, 5) is 7.31. The van der Waals surface area contributed by atoms with Gasteiger partial charge in [-0.2, -0.15) is 0 Å². The molecule has 2 N–H and O–H groups in total. The van der Waals surface area contributed by atoms with Gasteiger partial charge in [-0.15, -0.1) is 0 Å². The number of nitrogens with zero attached hydrogens (tertiary/aromatic N) is 2. The van der Waals surface area contributed by atoms with Gasteiger partial charge in [-0.05, 0) is 19.1 Å². The van der Waals surface area contributed by atoms with E-state index in [2.05, 4.69) is 52.2 Å². The van der Waals surface area contributed by atoms with Crippen molar-refractivity contribution in [2.75, 3.05) is 0 Å². The number of aromatic amines is 1. The molecule has 0 bridgehead atoms. The van der Waals surface area contributed by atoms with E-state index in [1.807, 2.05) is 6.20 Å². The number of aromatic nitrogens is 3. The summed E-state index contributed by atoms with van der Waals surface area (Å²) in [5, 5.41) is 3.41. The van der Waals surface area contributed by atoms with Crippen molar-refractivity contribution in [3.63, 3.8) is 0 Å². The summed E-state index contributed by atoms with van der Waals surface area (Å²) in [6.45, 7) is 2.95. The fourth-order valence-electron chi connectivity index (χ4n) is 1.55. The standard InChI is InChI=1S/C11H16N4/c1-9(11-12-5-6-13-11)14-8-10-4-3-7-15(10)2/h3-7,9,14H,8H2,1-2H3,(H,12,13). The highest BCUT2D eigenvalue weighted by Crippen LogP contribution is 2.07. The molecule has 2 heterocycles. The second kappa shape index (κ2) is 4.31. The maximum absolute atomic E-state index is 4.21. The molecule has 80 valence electrons. The van der Waals surface area contributed by atoms with Gasteiger partial charge in [0, 0.05) is 37.9 Å². The normalized spacial score (nSPS) is 12.9. The lowest BCUT2D eigenvalue weighted by Gasteiger charge is -2.11. The number of hydrogen-bond donors (Lipinski definition) is 2. The Labute approximate surface area is 89.3 Å². The molecule has 0 aliphatic rings. The van der Waals surface area contributed by atoms with Crippen molar-refractivity contribution in [1.82, 2.24) is 19.9 Å². The van der Waals surface area contributed by atoms with Gasteiger partial charge in [-0.3, -0.25) is 0 Å².